The highest BCUT2D eigenvalue weighted by Crippen LogP contribution is 2.27. The van der Waals surface area contributed by atoms with Gasteiger partial charge in [0.15, 0.2) is 0 Å². The summed E-state index contributed by atoms with van der Waals surface area (Å²) in [7, 11) is 1.95. The highest BCUT2D eigenvalue weighted by Gasteiger charge is 2.20. The fourth-order valence-corrected chi connectivity index (χ4v) is 2.78. The Balaban J connectivity index is 1.70. The lowest BCUT2D eigenvalue weighted by Crippen LogP contribution is -2.33. The van der Waals surface area contributed by atoms with Crippen LogP contribution >= 0.6 is 0 Å². The van der Waals surface area contributed by atoms with E-state index in [4.69, 9.17) is 0 Å². The van der Waals surface area contributed by atoms with Gasteiger partial charge in [0.2, 0.25) is 0 Å². The summed E-state index contributed by atoms with van der Waals surface area (Å²) in [6.07, 6.45) is 10.0. The number of aromatic nitrogens is 3. The first kappa shape index (κ1) is 12.6. The number of aryl methyl sites for hydroxylation is 1. The van der Waals surface area contributed by atoms with Gasteiger partial charge in [-0.05, 0) is 31.6 Å². The first-order chi connectivity index (χ1) is 8.29. The molecule has 1 aliphatic rings. The average molecular weight is 236 g/mol. The van der Waals surface area contributed by atoms with Crippen LogP contribution in [0.5, 0.6) is 0 Å². The molecule has 1 aliphatic carbocycles. The summed E-state index contributed by atoms with van der Waals surface area (Å²) in [5.74, 6) is 0.983. The molecule has 1 N–H and O–H groups in total. The molecule has 0 saturated heterocycles. The lowest BCUT2D eigenvalue weighted by Gasteiger charge is -2.29. The minimum absolute atomic E-state index is 0.693. The van der Waals surface area contributed by atoms with Crippen LogP contribution in [0.25, 0.3) is 0 Å². The van der Waals surface area contributed by atoms with Crippen LogP contribution < -0.4 is 5.32 Å². The van der Waals surface area contributed by atoms with Gasteiger partial charge < -0.3 is 5.32 Å². The quantitative estimate of drug-likeness (QED) is 0.852. The molecular formula is C13H24N4. The Bertz CT molecular complexity index is 326. The second-order valence-electron chi connectivity index (χ2n) is 5.24. The van der Waals surface area contributed by atoms with Crippen molar-refractivity contribution in [2.45, 2.75) is 58.0 Å². The molecule has 2 rings (SSSR count). The summed E-state index contributed by atoms with van der Waals surface area (Å²) in [4.78, 5) is 0. The number of hydrogen-bond acceptors (Lipinski definition) is 3. The van der Waals surface area contributed by atoms with E-state index in [0.717, 1.165) is 12.5 Å². The van der Waals surface area contributed by atoms with Crippen molar-refractivity contribution < 1.29 is 0 Å². The lowest BCUT2D eigenvalue weighted by atomic mass is 9.83. The third kappa shape index (κ3) is 3.53. The van der Waals surface area contributed by atoms with Crippen LogP contribution in [0.4, 0.5) is 0 Å². The molecule has 1 fully saturated rings. The minimum Gasteiger partial charge on any atom is -0.308 e. The molecule has 1 aromatic heterocycles. The van der Waals surface area contributed by atoms with Crippen LogP contribution in [0.15, 0.2) is 6.20 Å². The van der Waals surface area contributed by atoms with E-state index in [1.807, 2.05) is 17.9 Å². The highest BCUT2D eigenvalue weighted by molar-refractivity contribution is 4.93. The fraction of sp³-hybridized carbons (Fsp3) is 0.846. The number of nitrogens with zero attached hydrogens (tertiary/aromatic N) is 3. The molecule has 4 nitrogen and oxygen atoms in total. The van der Waals surface area contributed by atoms with E-state index in [2.05, 4.69) is 22.6 Å². The van der Waals surface area contributed by atoms with E-state index in [1.54, 1.807) is 0 Å². The van der Waals surface area contributed by atoms with Crippen molar-refractivity contribution in [1.29, 1.82) is 0 Å². The van der Waals surface area contributed by atoms with Crippen molar-refractivity contribution in [3.05, 3.63) is 11.9 Å². The van der Waals surface area contributed by atoms with Gasteiger partial charge >= 0.3 is 0 Å². The van der Waals surface area contributed by atoms with Crippen LogP contribution in [-0.4, -0.2) is 21.0 Å². The molecule has 0 aromatic carbocycles. The van der Waals surface area contributed by atoms with E-state index in [1.165, 1.54) is 44.2 Å². The van der Waals surface area contributed by atoms with Crippen molar-refractivity contribution in [3.8, 4) is 0 Å². The third-order valence-electron chi connectivity index (χ3n) is 3.92. The molecule has 0 atom stereocenters. The maximum Gasteiger partial charge on any atom is 0.0738 e. The summed E-state index contributed by atoms with van der Waals surface area (Å²) < 4.78 is 1.84. The second-order valence-corrected chi connectivity index (χ2v) is 5.24. The maximum atomic E-state index is 3.94. The number of rotatable bonds is 5. The third-order valence-corrected chi connectivity index (χ3v) is 3.92. The molecule has 1 heterocycles. The van der Waals surface area contributed by atoms with Crippen molar-refractivity contribution >= 4 is 0 Å². The van der Waals surface area contributed by atoms with Crippen LogP contribution in [0.2, 0.25) is 0 Å². The molecule has 1 saturated carbocycles. The largest absolute Gasteiger partial charge is 0.308 e. The van der Waals surface area contributed by atoms with Crippen LogP contribution in [0, 0.1) is 5.92 Å². The monoisotopic (exact) mass is 236 g/mol. The van der Waals surface area contributed by atoms with Gasteiger partial charge in [-0.15, -0.1) is 5.10 Å². The Morgan fingerprint density at radius 2 is 2.12 bits per heavy atom. The van der Waals surface area contributed by atoms with Crippen LogP contribution in [-0.2, 0) is 13.6 Å². The summed E-state index contributed by atoms with van der Waals surface area (Å²) in [5, 5.41) is 11.5. The molecule has 1 aromatic rings. The average Bonchev–Trinajstić information content (AvgIpc) is 2.75. The summed E-state index contributed by atoms with van der Waals surface area (Å²) >= 11 is 0. The molecule has 0 amide bonds. The van der Waals surface area contributed by atoms with E-state index >= 15 is 0 Å². The zero-order chi connectivity index (χ0) is 12.1. The van der Waals surface area contributed by atoms with Gasteiger partial charge in [-0.2, -0.15) is 0 Å². The zero-order valence-corrected chi connectivity index (χ0v) is 11.0. The zero-order valence-electron chi connectivity index (χ0n) is 11.0. The van der Waals surface area contributed by atoms with Gasteiger partial charge in [0, 0.05) is 19.6 Å². The van der Waals surface area contributed by atoms with Crippen LogP contribution in [0.1, 0.15) is 51.1 Å². The summed E-state index contributed by atoms with van der Waals surface area (Å²) in [6.45, 7) is 3.19. The molecular weight excluding hydrogens is 212 g/mol. The Morgan fingerprint density at radius 1 is 1.35 bits per heavy atom. The first-order valence-electron chi connectivity index (χ1n) is 6.86. The topological polar surface area (TPSA) is 42.7 Å². The molecule has 4 heteroatoms. The van der Waals surface area contributed by atoms with Gasteiger partial charge in [0.25, 0.3) is 0 Å². The van der Waals surface area contributed by atoms with E-state index in [0.29, 0.717) is 6.04 Å². The maximum absolute atomic E-state index is 3.94. The SMILES string of the molecule is CCCC1CCC(NCc2cnnn2C)CC1. The molecule has 0 aliphatic heterocycles. The predicted molar refractivity (Wildman–Crippen MR) is 68.5 cm³/mol. The van der Waals surface area contributed by atoms with E-state index < -0.39 is 0 Å². The molecule has 17 heavy (non-hydrogen) atoms. The standard InChI is InChI=1S/C13H24N4/c1-3-4-11-5-7-12(8-6-11)14-9-13-10-15-16-17(13)2/h10-12,14H,3-9H2,1-2H3. The summed E-state index contributed by atoms with van der Waals surface area (Å²) in [5.41, 5.74) is 1.17. The molecule has 96 valence electrons. The Morgan fingerprint density at radius 3 is 2.71 bits per heavy atom. The predicted octanol–water partition coefficient (Wildman–Crippen LogP) is 2.26. The van der Waals surface area contributed by atoms with Gasteiger partial charge in [-0.1, -0.05) is 25.0 Å². The van der Waals surface area contributed by atoms with Gasteiger partial charge in [0.1, 0.15) is 0 Å². The fourth-order valence-electron chi connectivity index (χ4n) is 2.78. The second kappa shape index (κ2) is 6.15. The normalized spacial score (nSPS) is 25.1. The van der Waals surface area contributed by atoms with Crippen molar-refractivity contribution in [2.24, 2.45) is 13.0 Å². The lowest BCUT2D eigenvalue weighted by molar-refractivity contribution is 0.276. The van der Waals surface area contributed by atoms with Crippen molar-refractivity contribution in [2.75, 3.05) is 0 Å². The van der Waals surface area contributed by atoms with E-state index in [-0.39, 0.29) is 0 Å². The number of nitrogens with one attached hydrogen (secondary N) is 1. The molecule has 0 radical (unpaired) electrons. The molecule has 0 bridgehead atoms. The summed E-state index contributed by atoms with van der Waals surface area (Å²) in [6, 6.07) is 0.693. The van der Waals surface area contributed by atoms with Crippen LogP contribution in [0.3, 0.4) is 0 Å². The smallest absolute Gasteiger partial charge is 0.0738 e. The number of hydrogen-bond donors (Lipinski definition) is 1. The Hall–Kier alpha value is -0.900. The highest BCUT2D eigenvalue weighted by atomic mass is 15.4. The van der Waals surface area contributed by atoms with Crippen molar-refractivity contribution in [1.82, 2.24) is 20.3 Å². The minimum atomic E-state index is 0.693. The molecule has 0 unspecified atom stereocenters. The molecule has 0 spiro atoms. The first-order valence-corrected chi connectivity index (χ1v) is 6.86. The van der Waals surface area contributed by atoms with E-state index in [9.17, 15) is 0 Å². The van der Waals surface area contributed by atoms with Crippen molar-refractivity contribution in [3.63, 3.8) is 0 Å². The Labute approximate surface area is 104 Å². The van der Waals surface area contributed by atoms with Gasteiger partial charge in [0.05, 0.1) is 11.9 Å². The Kier molecular flexibility index (Phi) is 4.54. The van der Waals surface area contributed by atoms with Gasteiger partial charge in [-0.25, -0.2) is 0 Å². The van der Waals surface area contributed by atoms with Gasteiger partial charge in [-0.3, -0.25) is 4.68 Å².